The molecule has 0 spiro atoms. The molecular formula is C33H36N6O5. The summed E-state index contributed by atoms with van der Waals surface area (Å²) in [5.74, 6) is 0.933. The molecule has 1 aromatic heterocycles. The zero-order chi connectivity index (χ0) is 31.5. The van der Waals surface area contributed by atoms with Crippen LogP contribution in [0.25, 0.3) is 0 Å². The first-order valence-corrected chi connectivity index (χ1v) is 14.5. The second-order valence-corrected chi connectivity index (χ2v) is 11.4. The van der Waals surface area contributed by atoms with Crippen molar-refractivity contribution in [2.45, 2.75) is 51.7 Å². The van der Waals surface area contributed by atoms with E-state index in [1.807, 2.05) is 20.8 Å². The minimum absolute atomic E-state index is 0.00223. The fourth-order valence-electron chi connectivity index (χ4n) is 4.53. The lowest BCUT2D eigenvalue weighted by Crippen LogP contribution is -2.45. The van der Waals surface area contributed by atoms with Crippen molar-refractivity contribution >= 4 is 12.0 Å². The van der Waals surface area contributed by atoms with Crippen molar-refractivity contribution in [2.24, 2.45) is 0 Å². The van der Waals surface area contributed by atoms with Crippen LogP contribution in [0.5, 0.6) is 23.3 Å². The first-order chi connectivity index (χ1) is 21.1. The zero-order valence-corrected chi connectivity index (χ0v) is 25.1. The minimum Gasteiger partial charge on any atom is -0.444 e. The standard InChI is InChI=1S/C33H36N6O5/c1-33(2,3)44-32(41)36-15-4-16-39-17-13-26(14-18-39)37-31(40)25-19-29(42-27-9-5-23(21-34)6-10-27)38-30(20-25)43-28-11-7-24(22-35)8-12-28/h5-12,19-20,26H,4,13-18H2,1-3H3,(H,36,41)(H,37,40). The maximum atomic E-state index is 13.4. The van der Waals surface area contributed by atoms with Crippen LogP contribution in [-0.4, -0.2) is 59.7 Å². The van der Waals surface area contributed by atoms with Crippen molar-refractivity contribution in [3.63, 3.8) is 0 Å². The van der Waals surface area contributed by atoms with Crippen LogP contribution in [0, 0.1) is 22.7 Å². The molecule has 4 rings (SSSR count). The van der Waals surface area contributed by atoms with E-state index in [1.54, 1.807) is 60.7 Å². The average molecular weight is 597 g/mol. The monoisotopic (exact) mass is 596 g/mol. The number of amides is 2. The number of nitriles is 2. The molecule has 2 N–H and O–H groups in total. The lowest BCUT2D eigenvalue weighted by Gasteiger charge is -2.32. The number of pyridine rings is 1. The summed E-state index contributed by atoms with van der Waals surface area (Å²) in [4.78, 5) is 31.9. The molecule has 11 heteroatoms. The quantitative estimate of drug-likeness (QED) is 0.289. The molecule has 228 valence electrons. The molecule has 44 heavy (non-hydrogen) atoms. The third-order valence-electron chi connectivity index (χ3n) is 6.69. The molecule has 2 aromatic carbocycles. The molecular weight excluding hydrogens is 560 g/mol. The van der Waals surface area contributed by atoms with Crippen LogP contribution >= 0.6 is 0 Å². The first kappa shape index (κ1) is 31.8. The Morgan fingerprint density at radius 2 is 1.43 bits per heavy atom. The Kier molecular flexibility index (Phi) is 10.7. The van der Waals surface area contributed by atoms with E-state index in [-0.39, 0.29) is 23.7 Å². The summed E-state index contributed by atoms with van der Waals surface area (Å²) in [6.07, 6.45) is 1.97. The predicted octanol–water partition coefficient (Wildman–Crippen LogP) is 5.52. The topological polar surface area (TPSA) is 150 Å². The molecule has 1 saturated heterocycles. The van der Waals surface area contributed by atoms with E-state index < -0.39 is 11.7 Å². The van der Waals surface area contributed by atoms with Crippen LogP contribution in [0.2, 0.25) is 0 Å². The first-order valence-electron chi connectivity index (χ1n) is 14.5. The number of nitrogens with one attached hydrogen (secondary N) is 2. The van der Waals surface area contributed by atoms with Crippen LogP contribution in [-0.2, 0) is 4.74 Å². The number of ether oxygens (including phenoxy) is 3. The van der Waals surface area contributed by atoms with Gasteiger partial charge in [0.15, 0.2) is 0 Å². The van der Waals surface area contributed by atoms with Crippen molar-refractivity contribution in [1.82, 2.24) is 20.5 Å². The molecule has 11 nitrogen and oxygen atoms in total. The van der Waals surface area contributed by atoms with E-state index in [4.69, 9.17) is 24.7 Å². The van der Waals surface area contributed by atoms with Gasteiger partial charge in [0.2, 0.25) is 11.8 Å². The maximum Gasteiger partial charge on any atom is 0.407 e. The maximum absolute atomic E-state index is 13.4. The number of nitrogens with zero attached hydrogens (tertiary/aromatic N) is 4. The van der Waals surface area contributed by atoms with Gasteiger partial charge in [-0.25, -0.2) is 4.79 Å². The van der Waals surface area contributed by atoms with E-state index in [2.05, 4.69) is 32.7 Å². The van der Waals surface area contributed by atoms with Crippen LogP contribution in [0.3, 0.4) is 0 Å². The molecule has 1 aliphatic heterocycles. The molecule has 3 aromatic rings. The van der Waals surface area contributed by atoms with Gasteiger partial charge in [-0.05, 0) is 95.1 Å². The third-order valence-corrected chi connectivity index (χ3v) is 6.69. The summed E-state index contributed by atoms with van der Waals surface area (Å²) in [7, 11) is 0. The molecule has 2 heterocycles. The summed E-state index contributed by atoms with van der Waals surface area (Å²) in [6.45, 7) is 8.53. The number of hydrogen-bond acceptors (Lipinski definition) is 9. The normalized spacial score (nSPS) is 13.7. The van der Waals surface area contributed by atoms with Crippen LogP contribution in [0.4, 0.5) is 4.79 Å². The van der Waals surface area contributed by atoms with E-state index in [1.165, 1.54) is 0 Å². The molecule has 0 radical (unpaired) electrons. The Morgan fingerprint density at radius 3 is 1.91 bits per heavy atom. The summed E-state index contributed by atoms with van der Waals surface area (Å²) in [6, 6.07) is 20.3. The molecule has 1 aliphatic rings. The Labute approximate surface area is 257 Å². The highest BCUT2D eigenvalue weighted by atomic mass is 16.6. The predicted molar refractivity (Wildman–Crippen MR) is 162 cm³/mol. The molecule has 1 fully saturated rings. The van der Waals surface area contributed by atoms with Gasteiger partial charge in [0, 0.05) is 37.8 Å². The van der Waals surface area contributed by atoms with Crippen molar-refractivity contribution in [3.05, 3.63) is 77.4 Å². The summed E-state index contributed by atoms with van der Waals surface area (Å²) < 4.78 is 17.1. The highest BCUT2D eigenvalue weighted by Gasteiger charge is 2.22. The third kappa shape index (κ3) is 10.0. The van der Waals surface area contributed by atoms with Gasteiger partial charge in [-0.15, -0.1) is 0 Å². The van der Waals surface area contributed by atoms with Crippen LogP contribution in [0.1, 0.15) is 61.5 Å². The fourth-order valence-corrected chi connectivity index (χ4v) is 4.53. The molecule has 0 saturated carbocycles. The Balaban J connectivity index is 1.35. The molecule has 0 bridgehead atoms. The highest BCUT2D eigenvalue weighted by molar-refractivity contribution is 5.95. The minimum atomic E-state index is -0.522. The lowest BCUT2D eigenvalue weighted by atomic mass is 10.0. The number of rotatable bonds is 10. The number of aromatic nitrogens is 1. The van der Waals surface area contributed by atoms with Gasteiger partial charge < -0.3 is 29.7 Å². The van der Waals surface area contributed by atoms with Gasteiger partial charge in [0.1, 0.15) is 17.1 Å². The average Bonchev–Trinajstić information content (AvgIpc) is 3.00. The largest absolute Gasteiger partial charge is 0.444 e. The smallest absolute Gasteiger partial charge is 0.407 e. The highest BCUT2D eigenvalue weighted by Crippen LogP contribution is 2.27. The molecule has 0 aliphatic carbocycles. The van der Waals surface area contributed by atoms with Crippen LogP contribution < -0.4 is 20.1 Å². The van der Waals surface area contributed by atoms with Crippen LogP contribution in [0.15, 0.2) is 60.7 Å². The number of benzene rings is 2. The number of alkyl carbamates (subject to hydrolysis) is 1. The number of piperidine rings is 1. The summed E-state index contributed by atoms with van der Waals surface area (Å²) in [5, 5.41) is 24.0. The lowest BCUT2D eigenvalue weighted by molar-refractivity contribution is 0.0525. The van der Waals surface area contributed by atoms with Gasteiger partial charge in [0.25, 0.3) is 5.91 Å². The van der Waals surface area contributed by atoms with Gasteiger partial charge in [-0.1, -0.05) is 0 Å². The number of hydrogen-bond donors (Lipinski definition) is 2. The summed E-state index contributed by atoms with van der Waals surface area (Å²) in [5.41, 5.74) is 0.785. The number of carbonyl (C=O) groups is 2. The van der Waals surface area contributed by atoms with Gasteiger partial charge >= 0.3 is 6.09 Å². The second-order valence-electron chi connectivity index (χ2n) is 11.4. The Hall–Kier alpha value is -5.13. The van der Waals surface area contributed by atoms with E-state index >= 15 is 0 Å². The molecule has 2 amide bonds. The zero-order valence-electron chi connectivity index (χ0n) is 25.1. The molecule has 0 unspecified atom stereocenters. The van der Waals surface area contributed by atoms with Gasteiger partial charge in [0.05, 0.1) is 28.8 Å². The Bertz CT molecular complexity index is 1430. The van der Waals surface area contributed by atoms with E-state index in [0.717, 1.165) is 38.9 Å². The van der Waals surface area contributed by atoms with Crippen molar-refractivity contribution in [3.8, 4) is 35.4 Å². The fraction of sp³-hybridized carbons (Fsp3) is 0.364. The molecule has 0 atom stereocenters. The van der Waals surface area contributed by atoms with Gasteiger partial charge in [-0.2, -0.15) is 15.5 Å². The van der Waals surface area contributed by atoms with Crippen molar-refractivity contribution < 1.29 is 23.8 Å². The van der Waals surface area contributed by atoms with Crippen molar-refractivity contribution in [1.29, 1.82) is 10.5 Å². The van der Waals surface area contributed by atoms with E-state index in [0.29, 0.717) is 34.7 Å². The number of likely N-dealkylation sites (tertiary alicyclic amines) is 1. The van der Waals surface area contributed by atoms with Gasteiger partial charge in [-0.3, -0.25) is 4.79 Å². The van der Waals surface area contributed by atoms with E-state index in [9.17, 15) is 9.59 Å². The SMILES string of the molecule is CC(C)(C)OC(=O)NCCCN1CCC(NC(=O)c2cc(Oc3ccc(C#N)cc3)nc(Oc3ccc(C#N)cc3)c2)CC1. The summed E-state index contributed by atoms with van der Waals surface area (Å²) >= 11 is 0. The Morgan fingerprint density at radius 1 is 0.909 bits per heavy atom. The van der Waals surface area contributed by atoms with Crippen molar-refractivity contribution in [2.75, 3.05) is 26.2 Å². The number of carbonyl (C=O) groups excluding carboxylic acids is 2. The second kappa shape index (κ2) is 14.9.